The summed E-state index contributed by atoms with van der Waals surface area (Å²) in [7, 11) is -2.17. The van der Waals surface area contributed by atoms with Gasteiger partial charge in [-0.15, -0.1) is 0 Å². The Labute approximate surface area is 127 Å². The Balaban J connectivity index is 0. The van der Waals surface area contributed by atoms with Crippen molar-refractivity contribution in [2.24, 2.45) is 0 Å². The van der Waals surface area contributed by atoms with Crippen LogP contribution in [0.5, 0.6) is 11.5 Å². The molecule has 0 saturated heterocycles. The third-order valence-corrected chi connectivity index (χ3v) is 3.57. The molecule has 122 valence electrons. The number of para-hydroxylation sites is 2. The SMILES string of the molecule is CC[N+](CC)(CC)CC.OB(O)O.Oc1ccccc1O. The van der Waals surface area contributed by atoms with E-state index in [1.807, 2.05) is 0 Å². The molecule has 6 nitrogen and oxygen atoms in total. The monoisotopic (exact) mass is 302 g/mol. The Morgan fingerprint density at radius 2 is 1.00 bits per heavy atom. The van der Waals surface area contributed by atoms with Gasteiger partial charge in [0.2, 0.25) is 0 Å². The molecule has 0 aromatic heterocycles. The molecular weight excluding hydrogens is 273 g/mol. The predicted octanol–water partition coefficient (Wildman–Crippen LogP) is 0.929. The number of hydrogen-bond acceptors (Lipinski definition) is 5. The van der Waals surface area contributed by atoms with E-state index in [9.17, 15) is 0 Å². The molecule has 1 rings (SSSR count). The molecule has 0 amide bonds. The molecule has 5 N–H and O–H groups in total. The number of benzene rings is 1. The molecule has 21 heavy (non-hydrogen) atoms. The largest absolute Gasteiger partial charge is 0.631 e. The first-order chi connectivity index (χ1) is 9.78. The van der Waals surface area contributed by atoms with Crippen LogP contribution in [0.3, 0.4) is 0 Å². The van der Waals surface area contributed by atoms with Crippen LogP contribution in [0.4, 0.5) is 0 Å². The molecule has 1 aromatic carbocycles. The summed E-state index contributed by atoms with van der Waals surface area (Å²) in [4.78, 5) is 0. The first kappa shape index (κ1) is 22.0. The number of phenolic OH excluding ortho intramolecular Hbond substituents is 2. The predicted molar refractivity (Wildman–Crippen MR) is 84.6 cm³/mol. The van der Waals surface area contributed by atoms with Gasteiger partial charge in [0.05, 0.1) is 26.2 Å². The van der Waals surface area contributed by atoms with Crippen LogP contribution in [0.25, 0.3) is 0 Å². The Morgan fingerprint density at radius 3 is 1.10 bits per heavy atom. The van der Waals surface area contributed by atoms with Gasteiger partial charge >= 0.3 is 7.32 Å². The van der Waals surface area contributed by atoms with E-state index in [2.05, 4.69) is 27.7 Å². The fraction of sp³-hybridized carbons (Fsp3) is 0.571. The average Bonchev–Trinajstić information content (AvgIpc) is 2.45. The van der Waals surface area contributed by atoms with Gasteiger partial charge in [0.15, 0.2) is 11.5 Å². The summed E-state index contributed by atoms with van der Waals surface area (Å²) >= 11 is 0. The zero-order valence-corrected chi connectivity index (χ0v) is 13.4. The lowest BCUT2D eigenvalue weighted by atomic mass is 10.3. The molecule has 0 spiro atoms. The van der Waals surface area contributed by atoms with Gasteiger partial charge in [0.1, 0.15) is 0 Å². The second kappa shape index (κ2) is 12.5. The van der Waals surface area contributed by atoms with Gasteiger partial charge in [-0.1, -0.05) is 12.1 Å². The average molecular weight is 302 g/mol. The molecule has 0 saturated carbocycles. The minimum atomic E-state index is -2.17. The van der Waals surface area contributed by atoms with Gasteiger partial charge in [-0.3, -0.25) is 0 Å². The highest BCUT2D eigenvalue weighted by atomic mass is 16.5. The van der Waals surface area contributed by atoms with E-state index in [1.165, 1.54) is 42.8 Å². The summed E-state index contributed by atoms with van der Waals surface area (Å²) in [6.45, 7) is 14.2. The molecule has 0 radical (unpaired) electrons. The highest BCUT2D eigenvalue weighted by Gasteiger charge is 2.16. The van der Waals surface area contributed by atoms with E-state index in [1.54, 1.807) is 12.1 Å². The fourth-order valence-corrected chi connectivity index (χ4v) is 1.81. The quantitative estimate of drug-likeness (QED) is 0.323. The Hall–Kier alpha value is -1.28. The standard InChI is InChI=1S/C8H20N.C6H6O2.BH3O3/c1-5-9(6-2,7-3)8-4;7-5-3-1-2-4-6(5)8;2-1(3)4/h5-8H2,1-4H3;1-4,7-8H;2-4H/q+1;;. The lowest BCUT2D eigenvalue weighted by molar-refractivity contribution is -0.921. The molecule has 0 unspecified atom stereocenters. The third kappa shape index (κ3) is 11.1. The molecular formula is C14H29BNO5+. The van der Waals surface area contributed by atoms with Crippen molar-refractivity contribution in [1.29, 1.82) is 0 Å². The van der Waals surface area contributed by atoms with E-state index in [4.69, 9.17) is 25.3 Å². The molecule has 7 heteroatoms. The highest BCUT2D eigenvalue weighted by molar-refractivity contribution is 6.30. The minimum absolute atomic E-state index is 0.0764. The third-order valence-electron chi connectivity index (χ3n) is 3.57. The summed E-state index contributed by atoms with van der Waals surface area (Å²) in [6, 6.07) is 6.15. The van der Waals surface area contributed by atoms with Crippen molar-refractivity contribution in [2.75, 3.05) is 26.2 Å². The van der Waals surface area contributed by atoms with Crippen LogP contribution in [0, 0.1) is 0 Å². The maximum atomic E-state index is 8.67. The summed E-state index contributed by atoms with van der Waals surface area (Å²) in [6.07, 6.45) is 0. The number of rotatable bonds is 4. The lowest BCUT2D eigenvalue weighted by Gasteiger charge is -2.34. The molecule has 0 fully saturated rings. The van der Waals surface area contributed by atoms with Gasteiger partial charge < -0.3 is 29.8 Å². The summed E-state index contributed by atoms with van der Waals surface area (Å²) in [5.41, 5.74) is 0. The van der Waals surface area contributed by atoms with Gasteiger partial charge in [-0.2, -0.15) is 0 Å². The van der Waals surface area contributed by atoms with Crippen LogP contribution in [0.1, 0.15) is 27.7 Å². The van der Waals surface area contributed by atoms with Crippen LogP contribution in [-0.2, 0) is 0 Å². The van der Waals surface area contributed by atoms with E-state index >= 15 is 0 Å². The summed E-state index contributed by atoms with van der Waals surface area (Å²) < 4.78 is 1.28. The lowest BCUT2D eigenvalue weighted by Crippen LogP contribution is -2.47. The first-order valence-corrected chi connectivity index (χ1v) is 7.14. The molecule has 0 heterocycles. The molecule has 1 aromatic rings. The second-order valence-corrected chi connectivity index (χ2v) is 4.44. The van der Waals surface area contributed by atoms with Crippen molar-refractivity contribution >= 4 is 7.32 Å². The summed E-state index contributed by atoms with van der Waals surface area (Å²) in [5, 5.41) is 38.8. The molecule has 0 aliphatic heterocycles. The maximum Gasteiger partial charge on any atom is 0.631 e. The molecule has 0 bridgehead atoms. The maximum absolute atomic E-state index is 8.67. The Morgan fingerprint density at radius 1 is 0.762 bits per heavy atom. The van der Waals surface area contributed by atoms with Crippen molar-refractivity contribution in [1.82, 2.24) is 0 Å². The van der Waals surface area contributed by atoms with Gasteiger partial charge in [0, 0.05) is 0 Å². The van der Waals surface area contributed by atoms with Crippen molar-refractivity contribution in [2.45, 2.75) is 27.7 Å². The van der Waals surface area contributed by atoms with Crippen molar-refractivity contribution < 1.29 is 29.8 Å². The second-order valence-electron chi connectivity index (χ2n) is 4.44. The number of nitrogens with zero attached hydrogens (tertiary/aromatic N) is 1. The van der Waals surface area contributed by atoms with Crippen LogP contribution < -0.4 is 0 Å². The van der Waals surface area contributed by atoms with Crippen molar-refractivity contribution in [3.63, 3.8) is 0 Å². The number of quaternary nitrogens is 1. The highest BCUT2D eigenvalue weighted by Crippen LogP contribution is 2.21. The van der Waals surface area contributed by atoms with E-state index in [0.29, 0.717) is 0 Å². The van der Waals surface area contributed by atoms with Gasteiger partial charge in [-0.25, -0.2) is 0 Å². The van der Waals surface area contributed by atoms with E-state index in [0.717, 1.165) is 0 Å². The smallest absolute Gasteiger partial charge is 0.504 e. The Bertz CT molecular complexity index is 318. The minimum Gasteiger partial charge on any atom is -0.504 e. The fourth-order valence-electron chi connectivity index (χ4n) is 1.81. The van der Waals surface area contributed by atoms with Crippen LogP contribution in [0.15, 0.2) is 24.3 Å². The van der Waals surface area contributed by atoms with Crippen LogP contribution in [-0.4, -0.2) is 63.3 Å². The van der Waals surface area contributed by atoms with Crippen LogP contribution >= 0.6 is 0 Å². The van der Waals surface area contributed by atoms with E-state index in [-0.39, 0.29) is 11.5 Å². The first-order valence-electron chi connectivity index (χ1n) is 7.14. The van der Waals surface area contributed by atoms with Gasteiger partial charge in [0.25, 0.3) is 0 Å². The topological polar surface area (TPSA) is 101 Å². The molecule has 0 atom stereocenters. The van der Waals surface area contributed by atoms with E-state index < -0.39 is 7.32 Å². The van der Waals surface area contributed by atoms with Crippen molar-refractivity contribution in [3.8, 4) is 11.5 Å². The zero-order valence-electron chi connectivity index (χ0n) is 13.4. The van der Waals surface area contributed by atoms with Crippen molar-refractivity contribution in [3.05, 3.63) is 24.3 Å². The summed E-state index contributed by atoms with van der Waals surface area (Å²) in [5.74, 6) is -0.153. The number of hydrogen-bond donors (Lipinski definition) is 5. The zero-order chi connectivity index (χ0) is 16.9. The molecule has 0 aliphatic carbocycles. The number of aromatic hydroxyl groups is 2. The molecule has 0 aliphatic rings. The van der Waals surface area contributed by atoms with Crippen LogP contribution in [0.2, 0.25) is 0 Å². The number of phenols is 2. The normalized spacial score (nSPS) is 9.86. The van der Waals surface area contributed by atoms with Gasteiger partial charge in [-0.05, 0) is 39.8 Å². The Kier molecular flexibility index (Phi) is 13.1.